The lowest BCUT2D eigenvalue weighted by Gasteiger charge is -2.59. The van der Waals surface area contributed by atoms with Crippen LogP contribution in [-0.4, -0.2) is 33.6 Å². The highest BCUT2D eigenvalue weighted by Gasteiger charge is 2.61. The van der Waals surface area contributed by atoms with Crippen molar-refractivity contribution in [1.29, 1.82) is 0 Å². The Kier molecular flexibility index (Phi) is 4.37. The number of hydrogen-bond acceptors (Lipinski definition) is 4. The molecular formula is C21H28O4S. The molecule has 0 aromatic carbocycles. The van der Waals surface area contributed by atoms with Gasteiger partial charge in [-0.1, -0.05) is 19.4 Å². The molecule has 26 heavy (non-hydrogen) atoms. The fraction of sp³-hybridized carbons (Fsp3) is 0.762. The van der Waals surface area contributed by atoms with Crippen molar-refractivity contribution in [2.24, 2.45) is 28.6 Å². The van der Waals surface area contributed by atoms with Crippen molar-refractivity contribution < 1.29 is 19.5 Å². The number of thioether (sulfide) groups is 1. The van der Waals surface area contributed by atoms with E-state index >= 15 is 0 Å². The number of rotatable bonds is 3. The van der Waals surface area contributed by atoms with Gasteiger partial charge in [-0.3, -0.25) is 14.4 Å². The summed E-state index contributed by atoms with van der Waals surface area (Å²) in [6.45, 7) is 4.47. The van der Waals surface area contributed by atoms with Crippen LogP contribution in [0.5, 0.6) is 0 Å². The van der Waals surface area contributed by atoms with Crippen LogP contribution in [-0.2, 0) is 14.4 Å². The Hall–Kier alpha value is -1.10. The highest BCUT2D eigenvalue weighted by atomic mass is 32.2. The molecule has 0 saturated heterocycles. The predicted octanol–water partition coefficient (Wildman–Crippen LogP) is 3.88. The first-order chi connectivity index (χ1) is 12.3. The first kappa shape index (κ1) is 18.3. The van der Waals surface area contributed by atoms with E-state index in [4.69, 9.17) is 0 Å². The predicted molar refractivity (Wildman–Crippen MR) is 101 cm³/mol. The van der Waals surface area contributed by atoms with Crippen molar-refractivity contribution in [1.82, 2.24) is 0 Å². The normalized spacial score (nSPS) is 44.8. The molecule has 4 rings (SSSR count). The minimum atomic E-state index is -0.783. The summed E-state index contributed by atoms with van der Waals surface area (Å²) in [6.07, 6.45) is 7.81. The zero-order chi connectivity index (χ0) is 18.7. The van der Waals surface area contributed by atoms with E-state index in [1.54, 1.807) is 0 Å². The molecule has 5 heteroatoms. The number of carboxylic acids is 1. The number of carbonyl (C=O) groups excluding carboxylic acids is 2. The SMILES string of the molecule is C[C@]12CCC(=O)C=C1C[C@@H](SCC(=O)O)C1C2CC[C@]2(C)C(=O)CCC12. The van der Waals surface area contributed by atoms with Gasteiger partial charge in [-0.25, -0.2) is 0 Å². The number of hydrogen-bond donors (Lipinski definition) is 1. The quantitative estimate of drug-likeness (QED) is 0.809. The lowest BCUT2D eigenvalue weighted by atomic mass is 9.47. The molecule has 0 aromatic heterocycles. The zero-order valence-corrected chi connectivity index (χ0v) is 16.4. The van der Waals surface area contributed by atoms with E-state index in [-0.39, 0.29) is 27.6 Å². The third kappa shape index (κ3) is 2.61. The minimum absolute atomic E-state index is 0.0474. The number of carboxylic acid groups (broad SMARTS) is 1. The molecule has 0 spiro atoms. The number of ketones is 2. The van der Waals surface area contributed by atoms with E-state index in [0.29, 0.717) is 36.4 Å². The number of carbonyl (C=O) groups is 3. The standard InChI is InChI=1S/C21H28O4S/c1-20-7-5-13(22)9-12(20)10-16(26-11-18(24)25)19-14-3-4-17(23)21(14,2)8-6-15(19)20/h9,14-16,19H,3-8,10-11H2,1-2H3,(H,24,25)/t14?,15?,16-,19?,20+,21+/m1/s1. The van der Waals surface area contributed by atoms with Gasteiger partial charge in [0.05, 0.1) is 5.75 Å². The fourth-order valence-electron chi connectivity index (χ4n) is 6.62. The van der Waals surface area contributed by atoms with Gasteiger partial charge in [-0.15, -0.1) is 11.8 Å². The number of fused-ring (bicyclic) bond motifs is 5. The summed E-state index contributed by atoms with van der Waals surface area (Å²) in [4.78, 5) is 35.9. The molecule has 0 radical (unpaired) electrons. The molecule has 4 aliphatic carbocycles. The Morgan fingerprint density at radius 3 is 2.62 bits per heavy atom. The molecule has 4 nitrogen and oxygen atoms in total. The Labute approximate surface area is 159 Å². The molecule has 0 bridgehead atoms. The van der Waals surface area contributed by atoms with Crippen LogP contribution >= 0.6 is 11.8 Å². The molecule has 142 valence electrons. The fourth-order valence-corrected chi connectivity index (χ4v) is 7.88. The summed E-state index contributed by atoms with van der Waals surface area (Å²) in [5, 5.41) is 9.41. The average Bonchev–Trinajstić information content (AvgIpc) is 2.89. The van der Waals surface area contributed by atoms with Crippen LogP contribution in [0.2, 0.25) is 0 Å². The van der Waals surface area contributed by atoms with Gasteiger partial charge in [0.2, 0.25) is 0 Å². The second-order valence-electron chi connectivity index (χ2n) is 9.21. The molecule has 3 fully saturated rings. The lowest BCUT2D eigenvalue weighted by molar-refractivity contribution is -0.134. The second kappa shape index (κ2) is 6.22. The Balaban J connectivity index is 1.73. The summed E-state index contributed by atoms with van der Waals surface area (Å²) in [5.41, 5.74) is 1.07. The minimum Gasteiger partial charge on any atom is -0.481 e. The molecule has 1 N–H and O–H groups in total. The van der Waals surface area contributed by atoms with Gasteiger partial charge in [0.1, 0.15) is 5.78 Å². The molecule has 4 aliphatic rings. The van der Waals surface area contributed by atoms with Crippen LogP contribution in [0.1, 0.15) is 58.8 Å². The zero-order valence-electron chi connectivity index (χ0n) is 15.6. The van der Waals surface area contributed by atoms with E-state index in [1.807, 2.05) is 6.08 Å². The molecule has 0 heterocycles. The number of allylic oxidation sites excluding steroid dienone is 1. The highest BCUT2D eigenvalue weighted by Crippen LogP contribution is 2.65. The van der Waals surface area contributed by atoms with Crippen molar-refractivity contribution in [3.63, 3.8) is 0 Å². The van der Waals surface area contributed by atoms with Gasteiger partial charge in [0.25, 0.3) is 0 Å². The number of Topliss-reactive ketones (excluding diaryl/α,β-unsaturated/α-hetero) is 1. The Bertz CT molecular complexity index is 698. The van der Waals surface area contributed by atoms with Crippen LogP contribution in [0, 0.1) is 28.6 Å². The highest BCUT2D eigenvalue weighted by molar-refractivity contribution is 8.00. The maximum absolute atomic E-state index is 12.6. The topological polar surface area (TPSA) is 71.4 Å². The van der Waals surface area contributed by atoms with Crippen molar-refractivity contribution in [3.05, 3.63) is 11.6 Å². The summed E-state index contributed by atoms with van der Waals surface area (Å²) >= 11 is 1.53. The van der Waals surface area contributed by atoms with Gasteiger partial charge in [0, 0.05) is 23.5 Å². The molecule has 3 unspecified atom stereocenters. The third-order valence-electron chi connectivity index (χ3n) is 8.09. The van der Waals surface area contributed by atoms with Crippen LogP contribution in [0.3, 0.4) is 0 Å². The van der Waals surface area contributed by atoms with Crippen LogP contribution < -0.4 is 0 Å². The van der Waals surface area contributed by atoms with E-state index < -0.39 is 5.97 Å². The van der Waals surface area contributed by atoms with Crippen molar-refractivity contribution in [3.8, 4) is 0 Å². The molecule has 3 saturated carbocycles. The van der Waals surface area contributed by atoms with Crippen molar-refractivity contribution >= 4 is 29.3 Å². The molecule has 0 aliphatic heterocycles. The third-order valence-corrected chi connectivity index (χ3v) is 9.41. The van der Waals surface area contributed by atoms with Gasteiger partial charge in [-0.05, 0) is 61.3 Å². The first-order valence-corrected chi connectivity index (χ1v) is 10.9. The van der Waals surface area contributed by atoms with E-state index in [1.165, 1.54) is 17.3 Å². The summed E-state index contributed by atoms with van der Waals surface area (Å²) in [5.74, 6) is 1.17. The van der Waals surface area contributed by atoms with E-state index in [0.717, 1.165) is 32.1 Å². The van der Waals surface area contributed by atoms with Crippen molar-refractivity contribution in [2.75, 3.05) is 5.75 Å². The maximum Gasteiger partial charge on any atom is 0.313 e. The lowest BCUT2D eigenvalue weighted by Crippen LogP contribution is -2.54. The summed E-state index contributed by atoms with van der Waals surface area (Å²) < 4.78 is 0. The Morgan fingerprint density at radius 2 is 1.88 bits per heavy atom. The van der Waals surface area contributed by atoms with Gasteiger partial charge in [0.15, 0.2) is 5.78 Å². The van der Waals surface area contributed by atoms with E-state index in [9.17, 15) is 19.5 Å². The van der Waals surface area contributed by atoms with Gasteiger partial charge < -0.3 is 5.11 Å². The molecule has 0 aromatic rings. The largest absolute Gasteiger partial charge is 0.481 e. The summed E-state index contributed by atoms with van der Waals surface area (Å²) in [6, 6.07) is 0. The number of aliphatic carboxylic acids is 1. The van der Waals surface area contributed by atoms with Crippen LogP contribution in [0.15, 0.2) is 11.6 Å². The van der Waals surface area contributed by atoms with Crippen molar-refractivity contribution in [2.45, 2.75) is 64.0 Å². The van der Waals surface area contributed by atoms with Gasteiger partial charge >= 0.3 is 5.97 Å². The molecular weight excluding hydrogens is 348 g/mol. The van der Waals surface area contributed by atoms with Crippen LogP contribution in [0.25, 0.3) is 0 Å². The van der Waals surface area contributed by atoms with Gasteiger partial charge in [-0.2, -0.15) is 0 Å². The maximum atomic E-state index is 12.6. The average molecular weight is 377 g/mol. The smallest absolute Gasteiger partial charge is 0.313 e. The Morgan fingerprint density at radius 1 is 1.15 bits per heavy atom. The second-order valence-corrected chi connectivity index (χ2v) is 10.4. The summed E-state index contributed by atoms with van der Waals surface area (Å²) in [7, 11) is 0. The monoisotopic (exact) mass is 376 g/mol. The molecule has 6 atom stereocenters. The van der Waals surface area contributed by atoms with E-state index in [2.05, 4.69) is 13.8 Å². The van der Waals surface area contributed by atoms with Crippen LogP contribution in [0.4, 0.5) is 0 Å². The molecule has 0 amide bonds. The first-order valence-electron chi connectivity index (χ1n) is 9.86.